The van der Waals surface area contributed by atoms with E-state index >= 15 is 0 Å². The van der Waals surface area contributed by atoms with Crippen LogP contribution in [0.3, 0.4) is 0 Å². The molecular formula is C15H19N3O6S. The molecule has 0 spiro atoms. The van der Waals surface area contributed by atoms with Crippen LogP contribution in [0.5, 0.6) is 0 Å². The number of ether oxygens (including phenoxy) is 2. The van der Waals surface area contributed by atoms with E-state index in [1.807, 2.05) is 0 Å². The Balaban J connectivity index is 1.58. The summed E-state index contributed by atoms with van der Waals surface area (Å²) < 4.78 is 9.95. The average Bonchev–Trinajstić information content (AvgIpc) is 3.18. The van der Waals surface area contributed by atoms with Gasteiger partial charge in [-0.2, -0.15) is 0 Å². The van der Waals surface area contributed by atoms with Crippen molar-refractivity contribution in [1.82, 2.24) is 15.5 Å². The van der Waals surface area contributed by atoms with Gasteiger partial charge in [-0.05, 0) is 11.4 Å². The van der Waals surface area contributed by atoms with Gasteiger partial charge in [0, 0.05) is 13.1 Å². The number of esters is 1. The highest BCUT2D eigenvalue weighted by Crippen LogP contribution is 2.07. The molecule has 10 heteroatoms. The first-order chi connectivity index (χ1) is 12.1. The number of hydrogen-bond acceptors (Lipinski definition) is 7. The van der Waals surface area contributed by atoms with E-state index in [9.17, 15) is 19.2 Å². The van der Waals surface area contributed by atoms with Crippen LogP contribution in [-0.4, -0.2) is 74.6 Å². The number of rotatable bonds is 7. The Labute approximate surface area is 148 Å². The molecular weight excluding hydrogens is 350 g/mol. The Kier molecular flexibility index (Phi) is 7.36. The fourth-order valence-electron chi connectivity index (χ4n) is 1.99. The van der Waals surface area contributed by atoms with Gasteiger partial charge >= 0.3 is 5.97 Å². The molecule has 0 bridgehead atoms. The number of carbonyl (C=O) groups excluding carboxylic acids is 4. The van der Waals surface area contributed by atoms with E-state index in [1.54, 1.807) is 22.4 Å². The summed E-state index contributed by atoms with van der Waals surface area (Å²) in [5.41, 5.74) is 0. The van der Waals surface area contributed by atoms with Crippen LogP contribution in [0, 0.1) is 0 Å². The zero-order valence-electron chi connectivity index (χ0n) is 13.5. The lowest BCUT2D eigenvalue weighted by molar-refractivity contribution is -0.153. The number of amides is 3. The van der Waals surface area contributed by atoms with Crippen LogP contribution in [0.4, 0.5) is 0 Å². The number of morpholine rings is 1. The van der Waals surface area contributed by atoms with E-state index in [1.165, 1.54) is 11.3 Å². The van der Waals surface area contributed by atoms with Gasteiger partial charge in [0.2, 0.25) is 5.91 Å². The molecule has 2 N–H and O–H groups in total. The molecule has 1 aliphatic heterocycles. The maximum Gasteiger partial charge on any atom is 0.325 e. The van der Waals surface area contributed by atoms with Crippen molar-refractivity contribution in [3.05, 3.63) is 22.4 Å². The van der Waals surface area contributed by atoms with Crippen LogP contribution in [0.15, 0.2) is 17.5 Å². The Hall–Kier alpha value is -2.46. The van der Waals surface area contributed by atoms with Gasteiger partial charge in [-0.15, -0.1) is 11.3 Å². The smallest absolute Gasteiger partial charge is 0.325 e. The number of nitrogens with zero attached hydrogens (tertiary/aromatic N) is 1. The van der Waals surface area contributed by atoms with Gasteiger partial charge in [0.05, 0.1) is 24.6 Å². The summed E-state index contributed by atoms with van der Waals surface area (Å²) in [7, 11) is 0. The van der Waals surface area contributed by atoms with Gasteiger partial charge < -0.3 is 25.0 Å². The standard InChI is InChI=1S/C15H19N3O6S/c19-12(8-17-15(22)11-2-1-7-25-11)16-9-14(21)24-10-13(20)18-3-5-23-6-4-18/h1-2,7H,3-6,8-10H2,(H,16,19)(H,17,22). The average molecular weight is 369 g/mol. The third kappa shape index (κ3) is 6.51. The first-order valence-electron chi connectivity index (χ1n) is 7.66. The quantitative estimate of drug-likeness (QED) is 0.596. The number of carbonyl (C=O) groups is 4. The maximum atomic E-state index is 11.8. The predicted molar refractivity (Wildman–Crippen MR) is 88.0 cm³/mol. The normalized spacial score (nSPS) is 13.8. The Bertz CT molecular complexity index is 613. The van der Waals surface area contributed by atoms with Crippen LogP contribution < -0.4 is 10.6 Å². The van der Waals surface area contributed by atoms with Gasteiger partial charge in [0.1, 0.15) is 6.54 Å². The first-order valence-corrected chi connectivity index (χ1v) is 8.54. The summed E-state index contributed by atoms with van der Waals surface area (Å²) in [4.78, 5) is 48.6. The molecule has 1 aromatic heterocycles. The summed E-state index contributed by atoms with van der Waals surface area (Å²) in [6.07, 6.45) is 0. The van der Waals surface area contributed by atoms with Crippen molar-refractivity contribution in [2.24, 2.45) is 0 Å². The van der Waals surface area contributed by atoms with Crippen molar-refractivity contribution in [3.63, 3.8) is 0 Å². The fraction of sp³-hybridized carbons (Fsp3) is 0.467. The van der Waals surface area contributed by atoms with Crippen molar-refractivity contribution < 1.29 is 28.7 Å². The minimum Gasteiger partial charge on any atom is -0.454 e. The molecule has 1 saturated heterocycles. The van der Waals surface area contributed by atoms with Crippen LogP contribution in [0.25, 0.3) is 0 Å². The molecule has 0 radical (unpaired) electrons. The molecule has 0 unspecified atom stereocenters. The monoisotopic (exact) mass is 369 g/mol. The van der Waals surface area contributed by atoms with Crippen LogP contribution in [-0.2, 0) is 23.9 Å². The minimum absolute atomic E-state index is 0.253. The van der Waals surface area contributed by atoms with Crippen LogP contribution in [0.1, 0.15) is 9.67 Å². The second-order valence-corrected chi connectivity index (χ2v) is 6.04. The number of hydrogen-bond donors (Lipinski definition) is 2. The van der Waals surface area contributed by atoms with Gasteiger partial charge in [0.15, 0.2) is 6.61 Å². The lowest BCUT2D eigenvalue weighted by Crippen LogP contribution is -2.43. The van der Waals surface area contributed by atoms with Gasteiger partial charge in [-0.1, -0.05) is 6.07 Å². The SMILES string of the molecule is O=C(CNC(=O)c1cccs1)NCC(=O)OCC(=O)N1CCOCC1. The summed E-state index contributed by atoms with van der Waals surface area (Å²) in [5, 5.41) is 6.51. The molecule has 2 heterocycles. The van der Waals surface area contributed by atoms with Crippen LogP contribution >= 0.6 is 11.3 Å². The largest absolute Gasteiger partial charge is 0.454 e. The molecule has 2 rings (SSSR count). The number of thiophene rings is 1. The summed E-state index contributed by atoms with van der Waals surface area (Å²) >= 11 is 1.26. The van der Waals surface area contributed by atoms with E-state index < -0.39 is 11.9 Å². The molecule has 9 nitrogen and oxygen atoms in total. The molecule has 3 amide bonds. The summed E-state index contributed by atoms with van der Waals surface area (Å²) in [6.45, 7) is 0.874. The van der Waals surface area contributed by atoms with Crippen molar-refractivity contribution >= 4 is 35.0 Å². The second-order valence-electron chi connectivity index (χ2n) is 5.09. The Morgan fingerprint density at radius 3 is 2.60 bits per heavy atom. The maximum absolute atomic E-state index is 11.8. The molecule has 136 valence electrons. The van der Waals surface area contributed by atoms with Gasteiger partial charge in [-0.25, -0.2) is 0 Å². The molecule has 0 aromatic carbocycles. The third-order valence-corrected chi connectivity index (χ3v) is 4.17. The lowest BCUT2D eigenvalue weighted by atomic mass is 10.4. The molecule has 1 fully saturated rings. The zero-order valence-corrected chi connectivity index (χ0v) is 14.3. The molecule has 25 heavy (non-hydrogen) atoms. The molecule has 0 aliphatic carbocycles. The summed E-state index contributed by atoms with van der Waals surface area (Å²) in [6, 6.07) is 3.37. The topological polar surface area (TPSA) is 114 Å². The minimum atomic E-state index is -0.723. The zero-order chi connectivity index (χ0) is 18.1. The highest BCUT2D eigenvalue weighted by atomic mass is 32.1. The van der Waals surface area contributed by atoms with E-state index in [2.05, 4.69) is 10.6 Å². The fourth-order valence-corrected chi connectivity index (χ4v) is 2.63. The summed E-state index contributed by atoms with van der Waals surface area (Å²) in [5.74, 6) is -1.91. The Morgan fingerprint density at radius 2 is 1.92 bits per heavy atom. The number of nitrogens with one attached hydrogen (secondary N) is 2. The molecule has 0 saturated carbocycles. The van der Waals surface area contributed by atoms with Crippen molar-refractivity contribution in [2.45, 2.75) is 0 Å². The third-order valence-electron chi connectivity index (χ3n) is 3.30. The van der Waals surface area contributed by atoms with Gasteiger partial charge in [0.25, 0.3) is 11.8 Å². The highest BCUT2D eigenvalue weighted by Gasteiger charge is 2.18. The molecule has 1 aliphatic rings. The lowest BCUT2D eigenvalue weighted by Gasteiger charge is -2.26. The molecule has 0 atom stereocenters. The van der Waals surface area contributed by atoms with E-state index in [0.717, 1.165) is 0 Å². The predicted octanol–water partition coefficient (Wildman–Crippen LogP) is -1.00. The van der Waals surface area contributed by atoms with Crippen molar-refractivity contribution in [1.29, 1.82) is 0 Å². The first kappa shape index (κ1) is 18.9. The van der Waals surface area contributed by atoms with Crippen molar-refractivity contribution in [3.8, 4) is 0 Å². The molecule has 1 aromatic rings. The second kappa shape index (κ2) is 9.74. The highest BCUT2D eigenvalue weighted by molar-refractivity contribution is 7.12. The van der Waals surface area contributed by atoms with Crippen molar-refractivity contribution in [2.75, 3.05) is 46.0 Å². The van der Waals surface area contributed by atoms with Crippen LogP contribution in [0.2, 0.25) is 0 Å². The van der Waals surface area contributed by atoms with E-state index in [0.29, 0.717) is 31.2 Å². The Morgan fingerprint density at radius 1 is 1.16 bits per heavy atom. The van der Waals surface area contributed by atoms with E-state index in [-0.39, 0.29) is 31.5 Å². The van der Waals surface area contributed by atoms with E-state index in [4.69, 9.17) is 9.47 Å². The van der Waals surface area contributed by atoms with Gasteiger partial charge in [-0.3, -0.25) is 19.2 Å².